The number of thioether (sulfide) groups is 1. The highest BCUT2D eigenvalue weighted by atomic mass is 32.2. The fourth-order valence-corrected chi connectivity index (χ4v) is 3.04. The maximum atomic E-state index is 12.2. The molecular formula is C18H19N3O3S. The molecule has 0 bridgehead atoms. The predicted octanol–water partition coefficient (Wildman–Crippen LogP) is 3.13. The number of H-pyrrole nitrogens is 1. The van der Waals surface area contributed by atoms with Crippen molar-refractivity contribution < 1.29 is 9.53 Å². The molecule has 0 amide bonds. The molecule has 6 nitrogen and oxygen atoms in total. The summed E-state index contributed by atoms with van der Waals surface area (Å²) < 4.78 is 5.23. The summed E-state index contributed by atoms with van der Waals surface area (Å²) in [7, 11) is 0. The van der Waals surface area contributed by atoms with E-state index in [1.165, 1.54) is 0 Å². The van der Waals surface area contributed by atoms with E-state index >= 15 is 0 Å². The molecule has 2 aromatic rings. The summed E-state index contributed by atoms with van der Waals surface area (Å²) >= 11 is 1.13. The molecular weight excluding hydrogens is 338 g/mol. The first kappa shape index (κ1) is 18.7. The van der Waals surface area contributed by atoms with Crippen molar-refractivity contribution in [1.82, 2.24) is 9.97 Å². The maximum Gasteiger partial charge on any atom is 0.319 e. The summed E-state index contributed by atoms with van der Waals surface area (Å²) in [6, 6.07) is 10.9. The number of nitrogens with zero attached hydrogens (tertiary/aromatic N) is 2. The summed E-state index contributed by atoms with van der Waals surface area (Å²) in [4.78, 5) is 31.3. The Bertz CT molecular complexity index is 841. The van der Waals surface area contributed by atoms with Gasteiger partial charge >= 0.3 is 5.97 Å². The van der Waals surface area contributed by atoms with Crippen molar-refractivity contribution in [3.63, 3.8) is 0 Å². The highest BCUT2D eigenvalue weighted by Crippen LogP contribution is 2.26. The number of carbonyl (C=O) groups is 1. The zero-order valence-corrected chi connectivity index (χ0v) is 15.1. The third-order valence-electron chi connectivity index (χ3n) is 3.30. The van der Waals surface area contributed by atoms with Crippen LogP contribution in [0.15, 0.2) is 40.3 Å². The summed E-state index contributed by atoms with van der Waals surface area (Å²) in [6.07, 6.45) is 0.315. The molecule has 2 rings (SSSR count). The summed E-state index contributed by atoms with van der Waals surface area (Å²) in [5, 5.41) is 9.08. The quantitative estimate of drug-likeness (QED) is 0.485. The summed E-state index contributed by atoms with van der Waals surface area (Å²) in [6.45, 7) is 5.42. The number of benzene rings is 1. The molecule has 7 heteroatoms. The Kier molecular flexibility index (Phi) is 6.37. The molecule has 0 saturated carbocycles. The SMILES string of the molecule is CCC(Sc1nc(-c2ccccc2)c(C#N)c(=O)[nH]1)C(=O)OC(C)C. The number of aromatic amines is 1. The highest BCUT2D eigenvalue weighted by molar-refractivity contribution is 8.00. The minimum Gasteiger partial charge on any atom is -0.462 e. The van der Waals surface area contributed by atoms with Gasteiger partial charge in [0.15, 0.2) is 5.16 Å². The van der Waals surface area contributed by atoms with E-state index in [1.807, 2.05) is 19.1 Å². The van der Waals surface area contributed by atoms with E-state index in [9.17, 15) is 14.9 Å². The van der Waals surface area contributed by atoms with Crippen LogP contribution in [-0.4, -0.2) is 27.3 Å². The second-order valence-electron chi connectivity index (χ2n) is 5.57. The highest BCUT2D eigenvalue weighted by Gasteiger charge is 2.23. The van der Waals surface area contributed by atoms with E-state index in [2.05, 4.69) is 9.97 Å². The largest absolute Gasteiger partial charge is 0.462 e. The standard InChI is InChI=1S/C18H19N3O3S/c1-4-14(17(23)24-11(2)3)25-18-20-15(12-8-6-5-7-9-12)13(10-19)16(22)21-18/h5-9,11,14H,4H2,1-3H3,(H,20,21,22). The van der Waals surface area contributed by atoms with Crippen LogP contribution >= 0.6 is 11.8 Å². The van der Waals surface area contributed by atoms with Crippen LogP contribution in [0.1, 0.15) is 32.8 Å². The van der Waals surface area contributed by atoms with E-state index in [1.54, 1.807) is 38.1 Å². The Morgan fingerprint density at radius 3 is 2.60 bits per heavy atom. The Labute approximate surface area is 150 Å². The van der Waals surface area contributed by atoms with E-state index < -0.39 is 10.8 Å². The van der Waals surface area contributed by atoms with Crippen LogP contribution in [-0.2, 0) is 9.53 Å². The van der Waals surface area contributed by atoms with Crippen molar-refractivity contribution in [2.24, 2.45) is 0 Å². The molecule has 0 aliphatic rings. The van der Waals surface area contributed by atoms with Gasteiger partial charge in [-0.2, -0.15) is 5.26 Å². The molecule has 0 fully saturated rings. The predicted molar refractivity (Wildman–Crippen MR) is 96.2 cm³/mol. The van der Waals surface area contributed by atoms with Crippen LogP contribution in [0, 0.1) is 11.3 Å². The Balaban J connectivity index is 2.40. The van der Waals surface area contributed by atoms with E-state index in [0.717, 1.165) is 11.8 Å². The Morgan fingerprint density at radius 1 is 1.36 bits per heavy atom. The fraction of sp³-hybridized carbons (Fsp3) is 0.333. The van der Waals surface area contributed by atoms with E-state index in [0.29, 0.717) is 17.7 Å². The Morgan fingerprint density at radius 2 is 2.04 bits per heavy atom. The normalized spacial score (nSPS) is 11.8. The minimum atomic E-state index is -0.522. The molecule has 1 unspecified atom stereocenters. The number of aromatic nitrogens is 2. The zero-order valence-electron chi connectivity index (χ0n) is 14.3. The number of hydrogen-bond donors (Lipinski definition) is 1. The van der Waals surface area contributed by atoms with Gasteiger partial charge < -0.3 is 9.72 Å². The second kappa shape index (κ2) is 8.49. The number of carbonyl (C=O) groups excluding carboxylic acids is 1. The number of nitriles is 1. The van der Waals surface area contributed by atoms with Crippen molar-refractivity contribution in [3.8, 4) is 17.3 Å². The molecule has 0 radical (unpaired) electrons. The third-order valence-corrected chi connectivity index (χ3v) is 4.52. The van der Waals surface area contributed by atoms with Crippen LogP contribution in [0.4, 0.5) is 0 Å². The van der Waals surface area contributed by atoms with Gasteiger partial charge in [0.1, 0.15) is 16.9 Å². The second-order valence-corrected chi connectivity index (χ2v) is 6.76. The number of nitrogens with one attached hydrogen (secondary N) is 1. The van der Waals surface area contributed by atoms with Crippen molar-refractivity contribution >= 4 is 17.7 Å². The van der Waals surface area contributed by atoms with Gasteiger partial charge in [-0.15, -0.1) is 0 Å². The van der Waals surface area contributed by atoms with Crippen molar-refractivity contribution in [1.29, 1.82) is 5.26 Å². The van der Waals surface area contributed by atoms with Gasteiger partial charge in [0, 0.05) is 5.56 Å². The molecule has 1 heterocycles. The van der Waals surface area contributed by atoms with Gasteiger partial charge in [-0.05, 0) is 20.3 Å². The molecule has 0 aliphatic carbocycles. The van der Waals surface area contributed by atoms with Crippen LogP contribution < -0.4 is 5.56 Å². The first-order valence-corrected chi connectivity index (χ1v) is 8.81. The lowest BCUT2D eigenvalue weighted by Gasteiger charge is -2.15. The Hall–Kier alpha value is -2.59. The number of hydrogen-bond acceptors (Lipinski definition) is 6. The topological polar surface area (TPSA) is 95.8 Å². The van der Waals surface area contributed by atoms with Crippen LogP contribution in [0.25, 0.3) is 11.3 Å². The van der Waals surface area contributed by atoms with E-state index in [-0.39, 0.29) is 22.8 Å². The average molecular weight is 357 g/mol. The lowest BCUT2D eigenvalue weighted by atomic mass is 10.1. The van der Waals surface area contributed by atoms with Gasteiger partial charge in [0.25, 0.3) is 5.56 Å². The molecule has 130 valence electrons. The molecule has 0 saturated heterocycles. The van der Waals surface area contributed by atoms with Crippen molar-refractivity contribution in [2.75, 3.05) is 0 Å². The molecule has 1 aromatic carbocycles. The number of esters is 1. The van der Waals surface area contributed by atoms with Crippen LogP contribution in [0.3, 0.4) is 0 Å². The molecule has 0 aliphatic heterocycles. The van der Waals surface area contributed by atoms with Gasteiger partial charge in [-0.25, -0.2) is 4.98 Å². The summed E-state index contributed by atoms with van der Waals surface area (Å²) in [5.74, 6) is -0.351. The van der Waals surface area contributed by atoms with Crippen molar-refractivity contribution in [3.05, 3.63) is 46.2 Å². The summed E-state index contributed by atoms with van der Waals surface area (Å²) in [5.41, 5.74) is 0.408. The smallest absolute Gasteiger partial charge is 0.319 e. The first-order chi connectivity index (χ1) is 12.0. The fourth-order valence-electron chi connectivity index (χ4n) is 2.16. The molecule has 25 heavy (non-hydrogen) atoms. The average Bonchev–Trinajstić information content (AvgIpc) is 2.59. The lowest BCUT2D eigenvalue weighted by Crippen LogP contribution is -2.24. The number of ether oxygens (including phenoxy) is 1. The van der Waals surface area contributed by atoms with Gasteiger partial charge in [0.2, 0.25) is 0 Å². The zero-order chi connectivity index (χ0) is 18.4. The number of rotatable bonds is 6. The molecule has 1 aromatic heterocycles. The van der Waals surface area contributed by atoms with Gasteiger partial charge in [0.05, 0.1) is 11.8 Å². The van der Waals surface area contributed by atoms with E-state index in [4.69, 9.17) is 4.74 Å². The van der Waals surface area contributed by atoms with Gasteiger partial charge in [-0.1, -0.05) is 49.0 Å². The lowest BCUT2D eigenvalue weighted by molar-refractivity contribution is -0.146. The molecule has 1 N–H and O–H groups in total. The maximum absolute atomic E-state index is 12.2. The third kappa shape index (κ3) is 4.70. The molecule has 0 spiro atoms. The van der Waals surface area contributed by atoms with Gasteiger partial charge in [-0.3, -0.25) is 9.59 Å². The minimum absolute atomic E-state index is 0.0478. The van der Waals surface area contributed by atoms with Crippen LogP contribution in [0.5, 0.6) is 0 Å². The van der Waals surface area contributed by atoms with Crippen molar-refractivity contribution in [2.45, 2.75) is 43.7 Å². The first-order valence-electron chi connectivity index (χ1n) is 7.93. The van der Waals surface area contributed by atoms with Crippen LogP contribution in [0.2, 0.25) is 0 Å². The monoisotopic (exact) mass is 357 g/mol. The molecule has 1 atom stereocenters.